The van der Waals surface area contributed by atoms with E-state index in [0.29, 0.717) is 24.3 Å². The van der Waals surface area contributed by atoms with E-state index in [0.717, 1.165) is 19.3 Å². The zero-order valence-electron chi connectivity index (χ0n) is 20.0. The van der Waals surface area contributed by atoms with E-state index in [2.05, 4.69) is 12.2 Å². The van der Waals surface area contributed by atoms with Crippen LogP contribution in [0.1, 0.15) is 111 Å². The summed E-state index contributed by atoms with van der Waals surface area (Å²) in [5.74, 6) is -0.168. The van der Waals surface area contributed by atoms with Gasteiger partial charge in [0.1, 0.15) is 5.75 Å². The number of benzene rings is 1. The van der Waals surface area contributed by atoms with E-state index in [1.165, 1.54) is 64.2 Å². The number of unbranched alkanes of at least 4 members (excludes halogenated alkanes) is 11. The van der Waals surface area contributed by atoms with Crippen LogP contribution in [0.4, 0.5) is 11.4 Å². The largest absolute Gasteiger partial charge is 0.506 e. The Kier molecular flexibility index (Phi) is 14.5. The second-order valence-corrected chi connectivity index (χ2v) is 8.56. The smallest absolute Gasteiger partial charge is 0.224 e. The number of nitrogens with one attached hydrogen (secondary N) is 1. The molecule has 2 N–H and O–H groups in total. The number of nitrogens with zero attached hydrogens (tertiary/aromatic N) is 1. The van der Waals surface area contributed by atoms with E-state index in [1.807, 2.05) is 6.92 Å². The summed E-state index contributed by atoms with van der Waals surface area (Å²) in [6.45, 7) is 6.39. The predicted octanol–water partition coefficient (Wildman–Crippen LogP) is 7.18. The molecule has 0 saturated heterocycles. The summed E-state index contributed by atoms with van der Waals surface area (Å²) in [6.07, 6.45) is 16.5. The molecule has 0 heterocycles. The number of amides is 2. The van der Waals surface area contributed by atoms with Crippen molar-refractivity contribution in [3.63, 3.8) is 0 Å². The van der Waals surface area contributed by atoms with Crippen LogP contribution in [0.3, 0.4) is 0 Å². The van der Waals surface area contributed by atoms with Gasteiger partial charge >= 0.3 is 0 Å². The van der Waals surface area contributed by atoms with Gasteiger partial charge in [0.05, 0.1) is 5.69 Å². The quantitative estimate of drug-likeness (QED) is 0.202. The van der Waals surface area contributed by atoms with Gasteiger partial charge in [0.25, 0.3) is 0 Å². The Morgan fingerprint density at radius 3 is 1.87 bits per heavy atom. The average molecular weight is 433 g/mol. The standard InChI is InChI=1S/C26H44N2O3/c1-4-6-7-8-9-10-11-12-13-14-15-16-20-28(22(3)29)23-18-19-24(25(30)21-23)27-26(31)17-5-2/h18-19,21,30H,4-17,20H2,1-3H3,(H,27,31). The van der Waals surface area contributed by atoms with Crippen molar-refractivity contribution in [3.8, 4) is 5.75 Å². The SMILES string of the molecule is CCCCCCCCCCCCCCN(C(C)=O)c1ccc(NC(=O)CCC)c(O)c1. The molecule has 0 radical (unpaired) electrons. The van der Waals surface area contributed by atoms with E-state index in [9.17, 15) is 14.7 Å². The molecule has 0 saturated carbocycles. The second kappa shape index (κ2) is 16.6. The molecule has 0 fully saturated rings. The lowest BCUT2D eigenvalue weighted by molar-refractivity contribution is -0.117. The molecule has 0 unspecified atom stereocenters. The highest BCUT2D eigenvalue weighted by atomic mass is 16.3. The lowest BCUT2D eigenvalue weighted by Gasteiger charge is -2.22. The van der Waals surface area contributed by atoms with Gasteiger partial charge in [-0.1, -0.05) is 84.5 Å². The van der Waals surface area contributed by atoms with Crippen molar-refractivity contribution in [2.45, 2.75) is 111 Å². The first-order chi connectivity index (χ1) is 15.0. The molecule has 1 aromatic rings. The van der Waals surface area contributed by atoms with Gasteiger partial charge in [-0.3, -0.25) is 9.59 Å². The fraction of sp³-hybridized carbons (Fsp3) is 0.692. The first kappa shape index (κ1) is 27.0. The average Bonchev–Trinajstić information content (AvgIpc) is 2.73. The fourth-order valence-corrected chi connectivity index (χ4v) is 3.81. The normalized spacial score (nSPS) is 10.8. The van der Waals surface area contributed by atoms with Crippen molar-refractivity contribution in [2.75, 3.05) is 16.8 Å². The lowest BCUT2D eigenvalue weighted by atomic mass is 10.1. The summed E-state index contributed by atoms with van der Waals surface area (Å²) < 4.78 is 0. The van der Waals surface area contributed by atoms with E-state index in [1.54, 1.807) is 30.0 Å². The van der Waals surface area contributed by atoms with Crippen molar-refractivity contribution in [1.82, 2.24) is 0 Å². The number of phenols is 1. The summed E-state index contributed by atoms with van der Waals surface area (Å²) in [7, 11) is 0. The van der Waals surface area contributed by atoms with E-state index >= 15 is 0 Å². The zero-order valence-corrected chi connectivity index (χ0v) is 20.0. The highest BCUT2D eigenvalue weighted by molar-refractivity contribution is 5.94. The molecule has 0 bridgehead atoms. The van der Waals surface area contributed by atoms with E-state index in [4.69, 9.17) is 0 Å². The van der Waals surface area contributed by atoms with Crippen molar-refractivity contribution >= 4 is 23.2 Å². The van der Waals surface area contributed by atoms with Gasteiger partial charge in [0.15, 0.2) is 0 Å². The predicted molar refractivity (Wildman–Crippen MR) is 131 cm³/mol. The summed E-state index contributed by atoms with van der Waals surface area (Å²) in [5.41, 5.74) is 1.05. The third-order valence-corrected chi connectivity index (χ3v) is 5.66. The Balaban J connectivity index is 2.31. The number of carbonyl (C=O) groups is 2. The first-order valence-electron chi connectivity index (χ1n) is 12.4. The molecule has 1 aromatic carbocycles. The molecule has 0 aliphatic heterocycles. The second-order valence-electron chi connectivity index (χ2n) is 8.56. The highest BCUT2D eigenvalue weighted by Gasteiger charge is 2.14. The van der Waals surface area contributed by atoms with Crippen LogP contribution < -0.4 is 10.2 Å². The third kappa shape index (κ3) is 11.8. The molecule has 176 valence electrons. The molecule has 5 heteroatoms. The van der Waals surface area contributed by atoms with Gasteiger partial charge < -0.3 is 15.3 Å². The number of aromatic hydroxyl groups is 1. The van der Waals surface area contributed by atoms with Gasteiger partial charge in [-0.25, -0.2) is 0 Å². The maximum absolute atomic E-state index is 12.1. The summed E-state index contributed by atoms with van der Waals surface area (Å²) >= 11 is 0. The van der Waals surface area contributed by atoms with Gasteiger partial charge in [-0.2, -0.15) is 0 Å². The van der Waals surface area contributed by atoms with Crippen LogP contribution in [0.15, 0.2) is 18.2 Å². The molecule has 5 nitrogen and oxygen atoms in total. The van der Waals surface area contributed by atoms with Gasteiger partial charge in [-0.15, -0.1) is 0 Å². The number of hydrogen-bond donors (Lipinski definition) is 2. The molecule has 0 spiro atoms. The van der Waals surface area contributed by atoms with E-state index < -0.39 is 0 Å². The summed E-state index contributed by atoms with van der Waals surface area (Å²) in [5, 5.41) is 13.0. The van der Waals surface area contributed by atoms with Crippen LogP contribution in [-0.2, 0) is 9.59 Å². The Morgan fingerprint density at radius 1 is 0.839 bits per heavy atom. The van der Waals surface area contributed by atoms with Crippen LogP contribution in [-0.4, -0.2) is 23.5 Å². The number of anilines is 2. The molecule has 0 aliphatic carbocycles. The van der Waals surface area contributed by atoms with Crippen LogP contribution in [0, 0.1) is 0 Å². The highest BCUT2D eigenvalue weighted by Crippen LogP contribution is 2.29. The number of hydrogen-bond acceptors (Lipinski definition) is 3. The van der Waals surface area contributed by atoms with Crippen molar-refractivity contribution in [3.05, 3.63) is 18.2 Å². The molecule has 2 amide bonds. The number of carbonyl (C=O) groups excluding carboxylic acids is 2. The third-order valence-electron chi connectivity index (χ3n) is 5.66. The number of rotatable bonds is 17. The van der Waals surface area contributed by atoms with Crippen molar-refractivity contribution < 1.29 is 14.7 Å². The fourth-order valence-electron chi connectivity index (χ4n) is 3.81. The monoisotopic (exact) mass is 432 g/mol. The molecular formula is C26H44N2O3. The topological polar surface area (TPSA) is 69.6 Å². The molecule has 0 aliphatic rings. The zero-order chi connectivity index (χ0) is 22.9. The Hall–Kier alpha value is -2.04. The lowest BCUT2D eigenvalue weighted by Crippen LogP contribution is -2.29. The van der Waals surface area contributed by atoms with Gasteiger partial charge in [0.2, 0.25) is 11.8 Å². The summed E-state index contributed by atoms with van der Waals surface area (Å²) in [6, 6.07) is 5.00. The molecule has 0 aromatic heterocycles. The van der Waals surface area contributed by atoms with E-state index in [-0.39, 0.29) is 17.6 Å². The first-order valence-corrected chi connectivity index (χ1v) is 12.4. The van der Waals surface area contributed by atoms with Crippen molar-refractivity contribution in [1.29, 1.82) is 0 Å². The van der Waals surface area contributed by atoms with Crippen LogP contribution in [0.2, 0.25) is 0 Å². The maximum atomic E-state index is 12.1. The Morgan fingerprint density at radius 2 is 1.39 bits per heavy atom. The maximum Gasteiger partial charge on any atom is 0.224 e. The van der Waals surface area contributed by atoms with Crippen LogP contribution >= 0.6 is 0 Å². The minimum atomic E-state index is -0.120. The minimum Gasteiger partial charge on any atom is -0.506 e. The van der Waals surface area contributed by atoms with Gasteiger partial charge in [-0.05, 0) is 25.0 Å². The van der Waals surface area contributed by atoms with Crippen LogP contribution in [0.25, 0.3) is 0 Å². The molecule has 0 atom stereocenters. The Bertz CT molecular complexity index is 646. The molecule has 1 rings (SSSR count). The Labute approximate surface area is 189 Å². The number of phenolic OH excluding ortho intramolecular Hbond substituents is 1. The summed E-state index contributed by atoms with van der Waals surface area (Å²) in [4.78, 5) is 25.6. The van der Waals surface area contributed by atoms with Gasteiger partial charge in [0, 0.05) is 31.6 Å². The molecule has 31 heavy (non-hydrogen) atoms. The molecular weight excluding hydrogens is 388 g/mol. The van der Waals surface area contributed by atoms with Crippen LogP contribution in [0.5, 0.6) is 5.75 Å². The van der Waals surface area contributed by atoms with Crippen molar-refractivity contribution in [2.24, 2.45) is 0 Å². The minimum absolute atomic E-state index is 0.0112.